The SMILES string of the molecule is C[C@@H](C[C@@H](F)Cn1ccc2cc(-c3ncc(C(C)(C)F)cn3)c(F)cc2c1=O)Nc1cn[nH]c(=O)c1C(F)(F)F. The number of benzene rings is 1. The number of rotatable bonds is 8. The van der Waals surface area contributed by atoms with E-state index in [1.54, 1.807) is 5.10 Å². The van der Waals surface area contributed by atoms with Crippen LogP contribution < -0.4 is 16.4 Å². The van der Waals surface area contributed by atoms with Gasteiger partial charge in [0.05, 0.1) is 29.4 Å². The van der Waals surface area contributed by atoms with E-state index >= 15 is 0 Å². The molecule has 0 aliphatic heterocycles. The quantitative estimate of drug-likeness (QED) is 0.287. The average molecular weight is 567 g/mol. The van der Waals surface area contributed by atoms with Crippen LogP contribution in [0, 0.1) is 5.82 Å². The van der Waals surface area contributed by atoms with Gasteiger partial charge in [-0.1, -0.05) is 0 Å². The normalized spacial score (nSPS) is 13.8. The highest BCUT2D eigenvalue weighted by atomic mass is 19.4. The van der Waals surface area contributed by atoms with E-state index in [4.69, 9.17) is 0 Å². The second kappa shape index (κ2) is 10.7. The molecule has 8 nitrogen and oxygen atoms in total. The summed E-state index contributed by atoms with van der Waals surface area (Å²) in [6.07, 6.45) is -2.36. The monoisotopic (exact) mass is 566 g/mol. The number of aromatic nitrogens is 5. The topological polar surface area (TPSA) is 106 Å². The Morgan fingerprint density at radius 1 is 1.07 bits per heavy atom. The molecule has 0 fully saturated rings. The maximum absolute atomic E-state index is 14.9. The lowest BCUT2D eigenvalue weighted by Crippen LogP contribution is -2.30. The Balaban J connectivity index is 1.51. The van der Waals surface area contributed by atoms with Gasteiger partial charge in [0, 0.05) is 36.6 Å². The minimum atomic E-state index is -4.96. The lowest BCUT2D eigenvalue weighted by atomic mass is 10.0. The summed E-state index contributed by atoms with van der Waals surface area (Å²) in [7, 11) is 0. The van der Waals surface area contributed by atoms with Gasteiger partial charge in [0.25, 0.3) is 11.1 Å². The van der Waals surface area contributed by atoms with E-state index in [2.05, 4.69) is 20.4 Å². The van der Waals surface area contributed by atoms with Gasteiger partial charge >= 0.3 is 6.18 Å². The molecule has 0 radical (unpaired) electrons. The molecule has 4 rings (SSSR count). The predicted molar refractivity (Wildman–Crippen MR) is 136 cm³/mol. The second-order valence-corrected chi connectivity index (χ2v) is 9.82. The number of halogens is 6. The number of aromatic amines is 1. The molecule has 0 saturated carbocycles. The van der Waals surface area contributed by atoms with Crippen LogP contribution in [0.3, 0.4) is 0 Å². The maximum Gasteiger partial charge on any atom is 0.423 e. The van der Waals surface area contributed by atoms with E-state index in [1.807, 2.05) is 0 Å². The van der Waals surface area contributed by atoms with Crippen LogP contribution in [0.25, 0.3) is 22.2 Å². The Morgan fingerprint density at radius 3 is 2.38 bits per heavy atom. The van der Waals surface area contributed by atoms with Crippen LogP contribution in [0.1, 0.15) is 38.3 Å². The van der Waals surface area contributed by atoms with Crippen LogP contribution in [0.2, 0.25) is 0 Å². The first-order valence-electron chi connectivity index (χ1n) is 12.0. The minimum absolute atomic E-state index is 0.00817. The van der Waals surface area contributed by atoms with Crippen molar-refractivity contribution in [3.63, 3.8) is 0 Å². The summed E-state index contributed by atoms with van der Waals surface area (Å²) < 4.78 is 84.7. The molecule has 14 heteroatoms. The molecule has 0 aliphatic carbocycles. The summed E-state index contributed by atoms with van der Waals surface area (Å²) in [5, 5.41) is 7.82. The molecular formula is C26H24F6N6O2. The molecule has 1 aromatic carbocycles. The van der Waals surface area contributed by atoms with Crippen LogP contribution in [-0.4, -0.2) is 36.9 Å². The van der Waals surface area contributed by atoms with E-state index < -0.39 is 58.8 Å². The van der Waals surface area contributed by atoms with Gasteiger partial charge in [-0.3, -0.25) is 9.59 Å². The Bertz CT molecular complexity index is 1640. The molecule has 0 bridgehead atoms. The fourth-order valence-electron chi connectivity index (χ4n) is 4.18. The van der Waals surface area contributed by atoms with E-state index in [9.17, 15) is 35.9 Å². The molecule has 0 amide bonds. The van der Waals surface area contributed by atoms with Crippen molar-refractivity contribution in [1.29, 1.82) is 0 Å². The van der Waals surface area contributed by atoms with Crippen molar-refractivity contribution >= 4 is 16.5 Å². The molecule has 0 spiro atoms. The maximum atomic E-state index is 14.9. The molecule has 3 heterocycles. The average Bonchev–Trinajstić information content (AvgIpc) is 2.84. The van der Waals surface area contributed by atoms with Crippen molar-refractivity contribution in [2.45, 2.75) is 57.8 Å². The zero-order valence-electron chi connectivity index (χ0n) is 21.5. The number of anilines is 1. The van der Waals surface area contributed by atoms with Gasteiger partial charge in [-0.2, -0.15) is 18.3 Å². The van der Waals surface area contributed by atoms with Gasteiger partial charge in [-0.05, 0) is 44.4 Å². The first-order chi connectivity index (χ1) is 18.6. The van der Waals surface area contributed by atoms with Crippen molar-refractivity contribution in [2.24, 2.45) is 0 Å². The highest BCUT2D eigenvalue weighted by molar-refractivity contribution is 5.86. The van der Waals surface area contributed by atoms with E-state index in [-0.39, 0.29) is 28.8 Å². The summed E-state index contributed by atoms with van der Waals surface area (Å²) in [4.78, 5) is 32.6. The lowest BCUT2D eigenvalue weighted by molar-refractivity contribution is -0.138. The molecule has 3 aromatic heterocycles. The summed E-state index contributed by atoms with van der Waals surface area (Å²) in [5.74, 6) is -0.817. The summed E-state index contributed by atoms with van der Waals surface area (Å²) in [6, 6.07) is 2.95. The first kappa shape index (κ1) is 28.8. The molecule has 2 N–H and O–H groups in total. The van der Waals surface area contributed by atoms with Crippen LogP contribution in [0.15, 0.2) is 52.6 Å². The molecule has 40 heavy (non-hydrogen) atoms. The second-order valence-electron chi connectivity index (χ2n) is 9.82. The van der Waals surface area contributed by atoms with Gasteiger partial charge in [0.15, 0.2) is 5.82 Å². The Kier molecular flexibility index (Phi) is 7.72. The van der Waals surface area contributed by atoms with Crippen molar-refractivity contribution in [2.75, 3.05) is 5.32 Å². The standard InChI is InChI=1S/C26H24F6N6O2/c1-13(36-20-11-35-37-23(39)21(20)26(30,31)32)6-16(27)12-38-5-4-14-7-18(19(28)8-17(14)24(38)40)22-33-9-15(10-34-22)25(2,3)29/h4-5,7-11,13,16H,6,12H2,1-3H3,(H2,36,37,39)/t13-,16+/m0/s1. The molecular weight excluding hydrogens is 542 g/mol. The number of hydrogen-bond donors (Lipinski definition) is 2. The molecule has 0 saturated heterocycles. The van der Waals surface area contributed by atoms with E-state index in [1.165, 1.54) is 51.5 Å². The van der Waals surface area contributed by atoms with Crippen molar-refractivity contribution < 1.29 is 26.3 Å². The number of alkyl halides is 5. The number of nitrogens with zero attached hydrogens (tertiary/aromatic N) is 4. The number of H-pyrrole nitrogens is 1. The van der Waals surface area contributed by atoms with Gasteiger partial charge in [0.2, 0.25) is 0 Å². The highest BCUT2D eigenvalue weighted by Gasteiger charge is 2.37. The van der Waals surface area contributed by atoms with E-state index in [0.29, 0.717) is 5.39 Å². The lowest BCUT2D eigenvalue weighted by Gasteiger charge is -2.20. The Hall–Kier alpha value is -4.23. The van der Waals surface area contributed by atoms with Crippen molar-refractivity contribution in [3.8, 4) is 11.4 Å². The number of pyridine rings is 1. The Morgan fingerprint density at radius 2 is 1.75 bits per heavy atom. The third-order valence-electron chi connectivity index (χ3n) is 6.19. The largest absolute Gasteiger partial charge is 0.423 e. The molecule has 212 valence electrons. The molecule has 2 atom stereocenters. The van der Waals surface area contributed by atoms with Crippen LogP contribution in [-0.2, 0) is 18.4 Å². The number of fused-ring (bicyclic) bond motifs is 1. The molecule has 4 aromatic rings. The van der Waals surface area contributed by atoms with Crippen molar-refractivity contribution in [1.82, 2.24) is 24.7 Å². The summed E-state index contributed by atoms with van der Waals surface area (Å²) in [5.41, 5.74) is -5.69. The van der Waals surface area contributed by atoms with Gasteiger partial charge < -0.3 is 9.88 Å². The van der Waals surface area contributed by atoms with E-state index in [0.717, 1.165) is 16.8 Å². The molecule has 0 unspecified atom stereocenters. The third kappa shape index (κ3) is 6.15. The van der Waals surface area contributed by atoms with Crippen LogP contribution in [0.5, 0.6) is 0 Å². The fraction of sp³-hybridized carbons (Fsp3) is 0.346. The summed E-state index contributed by atoms with van der Waals surface area (Å²) >= 11 is 0. The number of nitrogens with one attached hydrogen (secondary N) is 2. The van der Waals surface area contributed by atoms with Gasteiger partial charge in [-0.25, -0.2) is 28.2 Å². The Labute approximate surface area is 223 Å². The van der Waals surface area contributed by atoms with Crippen LogP contribution in [0.4, 0.5) is 32.0 Å². The fourth-order valence-corrected chi connectivity index (χ4v) is 4.18. The predicted octanol–water partition coefficient (Wildman–Crippen LogP) is 5.13. The third-order valence-corrected chi connectivity index (χ3v) is 6.19. The van der Waals surface area contributed by atoms with Gasteiger partial charge in [-0.15, -0.1) is 0 Å². The zero-order chi connectivity index (χ0) is 29.4. The highest BCUT2D eigenvalue weighted by Crippen LogP contribution is 2.32. The van der Waals surface area contributed by atoms with Crippen molar-refractivity contribution in [3.05, 3.63) is 80.6 Å². The minimum Gasteiger partial charge on any atom is -0.381 e. The smallest absolute Gasteiger partial charge is 0.381 e. The first-order valence-corrected chi connectivity index (χ1v) is 12.0. The summed E-state index contributed by atoms with van der Waals surface area (Å²) in [6.45, 7) is 3.63. The van der Waals surface area contributed by atoms with Gasteiger partial charge in [0.1, 0.15) is 23.2 Å². The van der Waals surface area contributed by atoms with Crippen LogP contribution >= 0.6 is 0 Å². The zero-order valence-corrected chi connectivity index (χ0v) is 21.5. The molecule has 0 aliphatic rings. The number of hydrogen-bond acceptors (Lipinski definition) is 6.